The Labute approximate surface area is 405 Å². The van der Waals surface area contributed by atoms with Crippen LogP contribution in [0, 0.1) is 48.5 Å². The molecule has 2 heterocycles. The van der Waals surface area contributed by atoms with Gasteiger partial charge in [-0.05, 0) is 124 Å². The predicted octanol–water partition coefficient (Wildman–Crippen LogP) is 2.77. The van der Waals surface area contributed by atoms with Gasteiger partial charge in [0.2, 0.25) is 0 Å². The third-order valence-electron chi connectivity index (χ3n) is 8.70. The van der Waals surface area contributed by atoms with Gasteiger partial charge in [0.25, 0.3) is 6.47 Å². The fourth-order valence-corrected chi connectivity index (χ4v) is 6.55. The SMILES string of the molecule is CC1=Nc2ccccc2C1.Cc1cc(C)c(CCl)c(C)c1C=O.Cc1cc(C)c(Cn2c(C)nc3ccccc32)c(C)c1C=O.O=CO[O-].[2H]CF.[H-].[K+].[K+]. The van der Waals surface area contributed by atoms with E-state index in [0.717, 1.165) is 92.6 Å². The van der Waals surface area contributed by atoms with Crippen molar-refractivity contribution in [3.05, 3.63) is 128 Å². The van der Waals surface area contributed by atoms with Crippen LogP contribution in [-0.2, 0) is 28.5 Å². The van der Waals surface area contributed by atoms with E-state index in [-0.39, 0.29) is 111 Å². The van der Waals surface area contributed by atoms with Gasteiger partial charge >= 0.3 is 103 Å². The maximum Gasteiger partial charge on any atom is 1.00 e. The van der Waals surface area contributed by atoms with E-state index in [0.29, 0.717) is 5.88 Å². The van der Waals surface area contributed by atoms with Gasteiger partial charge in [0.1, 0.15) is 5.82 Å². The van der Waals surface area contributed by atoms with Crippen molar-refractivity contribution in [3.63, 3.8) is 0 Å². The number of para-hydroxylation sites is 3. The zero-order chi connectivity index (χ0) is 39.0. The molecule has 0 amide bonds. The first kappa shape index (κ1) is 49.3. The molecule has 0 bridgehead atoms. The molecule has 1 aliphatic heterocycles. The topological polar surface area (TPSA) is 114 Å². The average Bonchev–Trinajstić information content (AvgIpc) is 3.65. The van der Waals surface area contributed by atoms with Gasteiger partial charge in [0.15, 0.2) is 12.6 Å². The molecule has 53 heavy (non-hydrogen) atoms. The number of alkyl halides is 2. The zero-order valence-corrected chi connectivity index (χ0v) is 39.5. The first-order valence-corrected chi connectivity index (χ1v) is 16.6. The molecule has 4 aromatic carbocycles. The number of rotatable bonds is 6. The van der Waals surface area contributed by atoms with Crippen LogP contribution in [0.4, 0.5) is 10.1 Å². The van der Waals surface area contributed by atoms with Gasteiger partial charge in [-0.3, -0.25) is 23.8 Å². The summed E-state index contributed by atoms with van der Waals surface area (Å²) in [6.45, 7) is 16.7. The van der Waals surface area contributed by atoms with Crippen molar-refractivity contribution in [1.82, 2.24) is 9.55 Å². The summed E-state index contributed by atoms with van der Waals surface area (Å²) in [5, 5.41) is 8.43. The Bertz CT molecular complexity index is 2040. The molecule has 0 spiro atoms. The number of benzene rings is 4. The molecule has 0 saturated heterocycles. The van der Waals surface area contributed by atoms with Gasteiger partial charge in [0, 0.05) is 35.7 Å². The Hall–Kier alpha value is -1.72. The van der Waals surface area contributed by atoms with Crippen molar-refractivity contribution < 1.29 is 134 Å². The summed E-state index contributed by atoms with van der Waals surface area (Å²) in [5.74, 6) is 1.46. The van der Waals surface area contributed by atoms with Crippen LogP contribution in [0.3, 0.4) is 0 Å². The number of hydrogen-bond acceptors (Lipinski definition) is 7. The normalized spacial score (nSPS) is 10.6. The molecular formula is C41H47ClFK2N3O5. The second-order valence-electron chi connectivity index (χ2n) is 12.0. The summed E-state index contributed by atoms with van der Waals surface area (Å²) in [5.41, 5.74) is 16.3. The van der Waals surface area contributed by atoms with Gasteiger partial charge in [-0.2, -0.15) is 0 Å². The maximum absolute atomic E-state index is 11.4. The predicted molar refractivity (Wildman–Crippen MR) is 203 cm³/mol. The van der Waals surface area contributed by atoms with E-state index in [1.165, 1.54) is 22.4 Å². The fourth-order valence-electron chi connectivity index (χ4n) is 6.14. The van der Waals surface area contributed by atoms with E-state index in [1.54, 1.807) is 0 Å². The van der Waals surface area contributed by atoms with E-state index in [1.807, 2.05) is 71.9 Å². The van der Waals surface area contributed by atoms with Crippen LogP contribution in [0.5, 0.6) is 0 Å². The molecule has 1 aromatic heterocycles. The molecule has 12 heteroatoms. The number of halogens is 2. The summed E-state index contributed by atoms with van der Waals surface area (Å²) < 4.78 is 17.7. The number of aromatic nitrogens is 2. The molecule has 6 rings (SSSR count). The Morgan fingerprint density at radius 1 is 0.849 bits per heavy atom. The van der Waals surface area contributed by atoms with E-state index in [2.05, 4.69) is 63.6 Å². The molecule has 0 radical (unpaired) electrons. The van der Waals surface area contributed by atoms with E-state index in [9.17, 15) is 14.0 Å². The van der Waals surface area contributed by atoms with Crippen molar-refractivity contribution in [2.45, 2.75) is 74.2 Å². The van der Waals surface area contributed by atoms with E-state index < -0.39 is 7.15 Å². The minimum atomic E-state index is -1.00. The minimum Gasteiger partial charge on any atom is -1.00 e. The number of aryl methyl sites for hydroxylation is 5. The maximum atomic E-state index is 11.4. The monoisotopic (exact) mass is 794 g/mol. The summed E-state index contributed by atoms with van der Waals surface area (Å²) in [6, 6.07) is 20.6. The van der Waals surface area contributed by atoms with Crippen LogP contribution < -0.4 is 108 Å². The number of aldehydes is 2. The minimum absolute atomic E-state index is 0. The third-order valence-corrected chi connectivity index (χ3v) is 8.97. The Kier molecular flexibility index (Phi) is 24.4. The Morgan fingerprint density at radius 3 is 1.85 bits per heavy atom. The first-order valence-electron chi connectivity index (χ1n) is 16.8. The number of carbonyl (C=O) groups excluding carboxylic acids is 3. The molecule has 8 nitrogen and oxygen atoms in total. The number of aliphatic imine (C=N–C) groups is 1. The molecule has 0 aliphatic carbocycles. The quantitative estimate of drug-likeness (QED) is 0.0860. The molecule has 0 fully saturated rings. The Balaban J connectivity index is 0. The van der Waals surface area contributed by atoms with Gasteiger partial charge in [-0.1, -0.05) is 42.5 Å². The molecule has 272 valence electrons. The molecule has 0 N–H and O–H groups in total. The van der Waals surface area contributed by atoms with Gasteiger partial charge < -0.3 is 16.1 Å². The Morgan fingerprint density at radius 2 is 1.34 bits per heavy atom. The van der Waals surface area contributed by atoms with Crippen LogP contribution in [0.1, 0.15) is 86.3 Å². The van der Waals surface area contributed by atoms with E-state index in [4.69, 9.17) is 23.0 Å². The van der Waals surface area contributed by atoms with Crippen molar-refractivity contribution in [1.29, 1.82) is 0 Å². The van der Waals surface area contributed by atoms with E-state index >= 15 is 0 Å². The van der Waals surface area contributed by atoms with Gasteiger partial charge in [-0.25, -0.2) is 4.98 Å². The third kappa shape index (κ3) is 14.1. The van der Waals surface area contributed by atoms with Crippen LogP contribution in [0.25, 0.3) is 11.0 Å². The van der Waals surface area contributed by atoms with Crippen LogP contribution in [0.2, 0.25) is 0 Å². The number of nitrogens with zero attached hydrogens (tertiary/aromatic N) is 3. The molecular weight excluding hydrogens is 747 g/mol. The van der Waals surface area contributed by atoms with Crippen molar-refractivity contribution in [2.24, 2.45) is 4.99 Å². The molecule has 0 atom stereocenters. The van der Waals surface area contributed by atoms with Crippen LogP contribution >= 0.6 is 11.6 Å². The number of carbonyl (C=O) groups is 3. The smallest absolute Gasteiger partial charge is 1.00 e. The van der Waals surface area contributed by atoms with Crippen LogP contribution in [0.15, 0.2) is 65.7 Å². The van der Waals surface area contributed by atoms with Gasteiger partial charge in [0.05, 0.1) is 25.2 Å². The molecule has 0 saturated carbocycles. The fraction of sp³-hybridized carbons (Fsp3) is 0.293. The number of imidazole rings is 1. The second-order valence-corrected chi connectivity index (χ2v) is 12.3. The first-order chi connectivity index (χ1) is 24.8. The summed E-state index contributed by atoms with van der Waals surface area (Å²) in [6.07, 6.45) is 2.91. The number of fused-ring (bicyclic) bond motifs is 2. The molecule has 5 aromatic rings. The second kappa shape index (κ2) is 26.2. The zero-order valence-electron chi connectivity index (χ0n) is 34.5. The summed E-state index contributed by atoms with van der Waals surface area (Å²) in [7, 11) is -1.00. The van der Waals surface area contributed by atoms with Crippen molar-refractivity contribution in [2.75, 3.05) is 7.15 Å². The average molecular weight is 795 g/mol. The summed E-state index contributed by atoms with van der Waals surface area (Å²) in [4.78, 5) is 42.4. The summed E-state index contributed by atoms with van der Waals surface area (Å²) >= 11 is 5.80. The molecule has 0 unspecified atom stereocenters. The van der Waals surface area contributed by atoms with Gasteiger partial charge in [-0.15, -0.1) is 11.6 Å². The van der Waals surface area contributed by atoms with Crippen LogP contribution in [-0.4, -0.2) is 41.5 Å². The standard InChI is InChI=1S/C19H20N2O.C11H13ClO.C9H9N.CH3F.CH2O3.2K.H/c1-12-9-13(2)17(11-22)14(3)16(12)10-21-15(4)20-18-7-5-6-8-19(18)21;1-7-4-8(2)11(6-13)9(3)10(7)5-12;1-7-6-8-4-2-3-5-9(8)10-7;1-2;2-1-4-3;;;/h5-9,11H,10H2,1-4H3;4,6H,5H2,1-3H3;2-5H,6H2,1H3;1H3;1,3H;;;/q;;;;;2*+1;-1/p-1/i;;;1D;;;;. The largest absolute Gasteiger partial charge is 1.00 e. The molecule has 1 aliphatic rings. The van der Waals surface area contributed by atoms with Crippen molar-refractivity contribution in [3.8, 4) is 0 Å². The number of hydrogen-bond donors (Lipinski definition) is 0. The van der Waals surface area contributed by atoms with Crippen molar-refractivity contribution >= 4 is 53.1 Å².